The third-order valence-corrected chi connectivity index (χ3v) is 5.57. The van der Waals surface area contributed by atoms with Gasteiger partial charge in [-0.2, -0.15) is 4.98 Å². The van der Waals surface area contributed by atoms with Crippen LogP contribution in [-0.2, 0) is 28.9 Å². The van der Waals surface area contributed by atoms with E-state index in [1.807, 2.05) is 49.4 Å². The van der Waals surface area contributed by atoms with Gasteiger partial charge in [0.1, 0.15) is 12.4 Å². The SMILES string of the molecule is CCc1nc(OC)ccc1Nc1nc(CCC2OCCCO2)cc(OCc2ccc(OC)cc2)n1. The maximum absolute atomic E-state index is 6.04. The summed E-state index contributed by atoms with van der Waals surface area (Å²) in [6, 6.07) is 13.3. The molecular formula is C26H32N4O5. The van der Waals surface area contributed by atoms with Crippen LogP contribution in [0.2, 0.25) is 0 Å². The standard InChI is InChI=1S/C26H32N4O5/c1-4-21-22(11-12-23(28-21)32-3)29-26-27-19(8-13-25-33-14-5-15-34-25)16-24(30-26)35-17-18-6-9-20(31-2)10-7-18/h6-7,9-12,16,25H,4-5,8,13-15,17H2,1-3H3,(H,27,29,30). The number of hydrogen-bond donors (Lipinski definition) is 1. The van der Waals surface area contributed by atoms with Crippen molar-refractivity contribution in [2.75, 3.05) is 32.8 Å². The second-order valence-electron chi connectivity index (χ2n) is 8.05. The molecule has 9 nitrogen and oxygen atoms in total. The molecule has 4 rings (SSSR count). The fraction of sp³-hybridized carbons (Fsp3) is 0.423. The molecule has 0 amide bonds. The van der Waals surface area contributed by atoms with E-state index < -0.39 is 0 Å². The van der Waals surface area contributed by atoms with Crippen molar-refractivity contribution in [2.24, 2.45) is 0 Å². The minimum atomic E-state index is -0.212. The van der Waals surface area contributed by atoms with Crippen LogP contribution in [0.15, 0.2) is 42.5 Å². The molecule has 0 unspecified atom stereocenters. The third kappa shape index (κ3) is 7.03. The lowest BCUT2D eigenvalue weighted by Gasteiger charge is -2.23. The minimum Gasteiger partial charge on any atom is -0.497 e. The Balaban J connectivity index is 1.52. The van der Waals surface area contributed by atoms with E-state index in [-0.39, 0.29) is 6.29 Å². The molecule has 0 aliphatic carbocycles. The Morgan fingerprint density at radius 1 is 0.943 bits per heavy atom. The molecule has 0 spiro atoms. The highest BCUT2D eigenvalue weighted by Crippen LogP contribution is 2.24. The number of nitrogens with one attached hydrogen (secondary N) is 1. The number of rotatable bonds is 11. The largest absolute Gasteiger partial charge is 0.497 e. The normalized spacial score (nSPS) is 13.9. The molecule has 0 atom stereocenters. The molecule has 1 fully saturated rings. The van der Waals surface area contributed by atoms with Gasteiger partial charge < -0.3 is 29.0 Å². The average Bonchev–Trinajstić information content (AvgIpc) is 2.92. The first-order valence-corrected chi connectivity index (χ1v) is 11.8. The number of aromatic nitrogens is 3. The Morgan fingerprint density at radius 2 is 1.74 bits per heavy atom. The van der Waals surface area contributed by atoms with Gasteiger partial charge in [0.05, 0.1) is 38.8 Å². The lowest BCUT2D eigenvalue weighted by atomic mass is 10.2. The molecular weight excluding hydrogens is 448 g/mol. The summed E-state index contributed by atoms with van der Waals surface area (Å²) in [6.45, 7) is 3.86. The molecule has 9 heteroatoms. The fourth-order valence-corrected chi connectivity index (χ4v) is 3.68. The van der Waals surface area contributed by atoms with Gasteiger partial charge in [0, 0.05) is 24.2 Å². The monoisotopic (exact) mass is 480 g/mol. The van der Waals surface area contributed by atoms with Crippen molar-refractivity contribution in [3.05, 3.63) is 59.4 Å². The number of hydrogen-bond acceptors (Lipinski definition) is 9. The van der Waals surface area contributed by atoms with Crippen molar-refractivity contribution in [2.45, 2.75) is 45.5 Å². The van der Waals surface area contributed by atoms with Gasteiger partial charge in [-0.1, -0.05) is 19.1 Å². The molecule has 0 saturated carbocycles. The van der Waals surface area contributed by atoms with Crippen LogP contribution < -0.4 is 19.5 Å². The van der Waals surface area contributed by atoms with E-state index in [4.69, 9.17) is 28.7 Å². The molecule has 3 heterocycles. The highest BCUT2D eigenvalue weighted by atomic mass is 16.7. The lowest BCUT2D eigenvalue weighted by molar-refractivity contribution is -0.180. The van der Waals surface area contributed by atoms with Gasteiger partial charge in [0.25, 0.3) is 0 Å². The van der Waals surface area contributed by atoms with Crippen molar-refractivity contribution in [3.8, 4) is 17.5 Å². The molecule has 0 radical (unpaired) electrons. The lowest BCUT2D eigenvalue weighted by Crippen LogP contribution is -2.25. The summed E-state index contributed by atoms with van der Waals surface area (Å²) >= 11 is 0. The maximum Gasteiger partial charge on any atom is 0.230 e. The molecule has 1 N–H and O–H groups in total. The molecule has 35 heavy (non-hydrogen) atoms. The molecule has 2 aromatic heterocycles. The number of aryl methyl sites for hydroxylation is 2. The molecule has 0 bridgehead atoms. The molecule has 1 aliphatic rings. The number of benzene rings is 1. The van der Waals surface area contributed by atoms with E-state index in [9.17, 15) is 0 Å². The molecule has 186 valence electrons. The van der Waals surface area contributed by atoms with E-state index in [0.29, 0.717) is 37.2 Å². The maximum atomic E-state index is 6.04. The van der Waals surface area contributed by atoms with Gasteiger partial charge in [0.2, 0.25) is 17.7 Å². The van der Waals surface area contributed by atoms with E-state index in [0.717, 1.165) is 54.4 Å². The van der Waals surface area contributed by atoms with Crippen molar-refractivity contribution < 1.29 is 23.7 Å². The van der Waals surface area contributed by atoms with E-state index in [2.05, 4.69) is 15.3 Å². The van der Waals surface area contributed by atoms with Gasteiger partial charge in [-0.15, -0.1) is 0 Å². The van der Waals surface area contributed by atoms with Gasteiger partial charge >= 0.3 is 0 Å². The zero-order valence-corrected chi connectivity index (χ0v) is 20.5. The van der Waals surface area contributed by atoms with E-state index >= 15 is 0 Å². The minimum absolute atomic E-state index is 0.212. The fourth-order valence-electron chi connectivity index (χ4n) is 3.68. The zero-order valence-electron chi connectivity index (χ0n) is 20.5. The van der Waals surface area contributed by atoms with Crippen molar-refractivity contribution in [1.82, 2.24) is 15.0 Å². The van der Waals surface area contributed by atoms with Crippen LogP contribution in [0.1, 0.15) is 36.7 Å². The summed E-state index contributed by atoms with van der Waals surface area (Å²) in [5.74, 6) is 2.30. The number of nitrogens with zero attached hydrogens (tertiary/aromatic N) is 3. The predicted octanol–water partition coefficient (Wildman–Crippen LogP) is 4.47. The Hall–Kier alpha value is -3.43. The van der Waals surface area contributed by atoms with Gasteiger partial charge in [-0.25, -0.2) is 9.97 Å². The van der Waals surface area contributed by atoms with Crippen LogP contribution in [0.3, 0.4) is 0 Å². The molecule has 3 aromatic rings. The molecule has 1 aromatic carbocycles. The second kappa shape index (κ2) is 12.3. The second-order valence-corrected chi connectivity index (χ2v) is 8.05. The first-order valence-electron chi connectivity index (χ1n) is 11.8. The summed E-state index contributed by atoms with van der Waals surface area (Å²) in [6.07, 6.45) is 2.82. The quantitative estimate of drug-likeness (QED) is 0.426. The highest BCUT2D eigenvalue weighted by Gasteiger charge is 2.16. The summed E-state index contributed by atoms with van der Waals surface area (Å²) in [5.41, 5.74) is 3.54. The number of anilines is 2. The van der Waals surface area contributed by atoms with Crippen LogP contribution in [0.25, 0.3) is 0 Å². The number of methoxy groups -OCH3 is 2. The number of pyridine rings is 1. The van der Waals surface area contributed by atoms with Crippen molar-refractivity contribution in [1.29, 1.82) is 0 Å². The van der Waals surface area contributed by atoms with Gasteiger partial charge in [-0.3, -0.25) is 0 Å². The summed E-state index contributed by atoms with van der Waals surface area (Å²) in [4.78, 5) is 13.8. The first kappa shape index (κ1) is 24.7. The smallest absolute Gasteiger partial charge is 0.230 e. The number of ether oxygens (including phenoxy) is 5. The third-order valence-electron chi connectivity index (χ3n) is 5.57. The van der Waals surface area contributed by atoms with Crippen LogP contribution in [-0.4, -0.2) is 48.7 Å². The Morgan fingerprint density at radius 3 is 2.46 bits per heavy atom. The van der Waals surface area contributed by atoms with E-state index in [1.54, 1.807) is 14.2 Å². The van der Waals surface area contributed by atoms with Crippen molar-refractivity contribution in [3.63, 3.8) is 0 Å². The van der Waals surface area contributed by atoms with Crippen LogP contribution in [0.5, 0.6) is 17.5 Å². The Labute approximate surface area is 205 Å². The average molecular weight is 481 g/mol. The summed E-state index contributed by atoms with van der Waals surface area (Å²) in [5, 5.41) is 3.31. The van der Waals surface area contributed by atoms with Crippen LogP contribution in [0, 0.1) is 0 Å². The Bertz CT molecular complexity index is 1090. The first-order chi connectivity index (χ1) is 17.2. The summed E-state index contributed by atoms with van der Waals surface area (Å²) in [7, 11) is 3.25. The highest BCUT2D eigenvalue weighted by molar-refractivity contribution is 5.57. The van der Waals surface area contributed by atoms with Crippen LogP contribution >= 0.6 is 0 Å². The molecule has 1 saturated heterocycles. The topological polar surface area (TPSA) is 96.9 Å². The predicted molar refractivity (Wildman–Crippen MR) is 131 cm³/mol. The van der Waals surface area contributed by atoms with E-state index in [1.165, 1.54) is 0 Å². The summed E-state index contributed by atoms with van der Waals surface area (Å²) < 4.78 is 27.9. The molecule has 1 aliphatic heterocycles. The zero-order chi connectivity index (χ0) is 24.5. The van der Waals surface area contributed by atoms with Gasteiger partial charge in [0.15, 0.2) is 6.29 Å². The van der Waals surface area contributed by atoms with Crippen molar-refractivity contribution >= 4 is 11.6 Å². The van der Waals surface area contributed by atoms with Gasteiger partial charge in [-0.05, 0) is 43.0 Å². The van der Waals surface area contributed by atoms with Crippen LogP contribution in [0.4, 0.5) is 11.6 Å². The Kier molecular flexibility index (Phi) is 8.69.